The molecule has 0 spiro atoms. The summed E-state index contributed by atoms with van der Waals surface area (Å²) in [6.07, 6.45) is 0.773. The number of ether oxygens (including phenoxy) is 1. The lowest BCUT2D eigenvalue weighted by Crippen LogP contribution is -2.36. The van der Waals surface area contributed by atoms with Crippen LogP contribution in [0.15, 0.2) is 18.2 Å². The molecule has 2 amide bonds. The highest BCUT2D eigenvalue weighted by Gasteiger charge is 2.22. The van der Waals surface area contributed by atoms with E-state index in [1.165, 1.54) is 0 Å². The summed E-state index contributed by atoms with van der Waals surface area (Å²) in [4.78, 5) is 27.5. The summed E-state index contributed by atoms with van der Waals surface area (Å²) in [6, 6.07) is 5.06. The predicted molar refractivity (Wildman–Crippen MR) is 80.2 cm³/mol. The van der Waals surface area contributed by atoms with E-state index in [0.717, 1.165) is 6.42 Å². The first kappa shape index (κ1) is 15.2. The molecule has 1 aromatic rings. The van der Waals surface area contributed by atoms with Gasteiger partial charge in [0.25, 0.3) is 5.91 Å². The molecule has 6 heteroatoms. The van der Waals surface area contributed by atoms with Gasteiger partial charge < -0.3 is 20.3 Å². The van der Waals surface area contributed by atoms with Gasteiger partial charge in [0.1, 0.15) is 5.75 Å². The van der Waals surface area contributed by atoms with E-state index >= 15 is 0 Å². The number of methoxy groups -OCH3 is 1. The number of carbonyl (C=O) groups is 2. The van der Waals surface area contributed by atoms with Gasteiger partial charge in [0.15, 0.2) is 0 Å². The van der Waals surface area contributed by atoms with Gasteiger partial charge in [-0.05, 0) is 24.6 Å². The molecule has 0 aliphatic carbocycles. The summed E-state index contributed by atoms with van der Waals surface area (Å²) in [5.41, 5.74) is 6.79. The van der Waals surface area contributed by atoms with Crippen LogP contribution in [0.25, 0.3) is 0 Å². The van der Waals surface area contributed by atoms with Crippen LogP contribution in [0.2, 0.25) is 0 Å². The second-order valence-electron chi connectivity index (χ2n) is 5.11. The fraction of sp³-hybridized carbons (Fsp3) is 0.467. The molecular weight excluding hydrogens is 270 g/mol. The Kier molecular flexibility index (Phi) is 4.67. The number of anilines is 1. The molecule has 0 atom stereocenters. The lowest BCUT2D eigenvalue weighted by molar-refractivity contribution is -0.128. The summed E-state index contributed by atoms with van der Waals surface area (Å²) in [5.74, 6) is 0.537. The van der Waals surface area contributed by atoms with Crippen LogP contribution in [0, 0.1) is 0 Å². The third-order valence-corrected chi connectivity index (χ3v) is 3.72. The molecule has 1 heterocycles. The van der Waals surface area contributed by atoms with Gasteiger partial charge in [-0.2, -0.15) is 0 Å². The monoisotopic (exact) mass is 291 g/mol. The molecule has 1 saturated heterocycles. The molecule has 0 saturated carbocycles. The Hall–Kier alpha value is -2.24. The molecule has 0 unspecified atom stereocenters. The molecule has 1 aromatic carbocycles. The Labute approximate surface area is 124 Å². The first-order valence-corrected chi connectivity index (χ1v) is 7.01. The van der Waals surface area contributed by atoms with Gasteiger partial charge in [-0.1, -0.05) is 0 Å². The summed E-state index contributed by atoms with van der Waals surface area (Å²) in [6.45, 7) is 3.95. The minimum Gasteiger partial charge on any atom is -0.497 e. The highest BCUT2D eigenvalue weighted by molar-refractivity contribution is 5.99. The van der Waals surface area contributed by atoms with Crippen LogP contribution in [0.4, 0.5) is 5.69 Å². The summed E-state index contributed by atoms with van der Waals surface area (Å²) in [5, 5.41) is 0. The Balaban J connectivity index is 2.14. The Morgan fingerprint density at radius 2 is 1.81 bits per heavy atom. The zero-order valence-corrected chi connectivity index (χ0v) is 12.5. The zero-order valence-electron chi connectivity index (χ0n) is 12.5. The molecule has 0 aromatic heterocycles. The van der Waals surface area contributed by atoms with Crippen LogP contribution in [0.5, 0.6) is 5.75 Å². The van der Waals surface area contributed by atoms with Crippen LogP contribution < -0.4 is 10.5 Å². The molecule has 0 radical (unpaired) electrons. The molecule has 2 N–H and O–H groups in total. The number of amides is 2. The quantitative estimate of drug-likeness (QED) is 0.824. The predicted octanol–water partition coefficient (Wildman–Crippen LogP) is 0.972. The van der Waals surface area contributed by atoms with Crippen molar-refractivity contribution in [2.45, 2.75) is 13.3 Å². The molecular formula is C15H21N3O3. The third kappa shape index (κ3) is 3.45. The number of nitrogens with zero attached hydrogens (tertiary/aromatic N) is 2. The second kappa shape index (κ2) is 6.47. The molecule has 2 rings (SSSR count). The van der Waals surface area contributed by atoms with E-state index in [1.807, 2.05) is 0 Å². The Morgan fingerprint density at radius 1 is 1.14 bits per heavy atom. The van der Waals surface area contributed by atoms with E-state index in [0.29, 0.717) is 43.2 Å². The molecule has 6 nitrogen and oxygen atoms in total. The highest BCUT2D eigenvalue weighted by atomic mass is 16.5. The van der Waals surface area contributed by atoms with E-state index in [2.05, 4.69) is 0 Å². The third-order valence-electron chi connectivity index (χ3n) is 3.72. The van der Waals surface area contributed by atoms with Crippen LogP contribution in [0.3, 0.4) is 0 Å². The fourth-order valence-corrected chi connectivity index (χ4v) is 2.45. The van der Waals surface area contributed by atoms with Gasteiger partial charge in [-0.15, -0.1) is 0 Å². The number of carbonyl (C=O) groups excluding carboxylic acids is 2. The van der Waals surface area contributed by atoms with Gasteiger partial charge in [0, 0.05) is 38.8 Å². The van der Waals surface area contributed by atoms with Crippen molar-refractivity contribution in [1.29, 1.82) is 0 Å². The zero-order chi connectivity index (χ0) is 15.4. The minimum absolute atomic E-state index is 0.0465. The number of hydrogen-bond donors (Lipinski definition) is 1. The number of rotatable bonds is 2. The number of nitrogens with two attached hydrogens (primary N) is 1. The molecule has 114 valence electrons. The van der Waals surface area contributed by atoms with Crippen molar-refractivity contribution < 1.29 is 14.3 Å². The van der Waals surface area contributed by atoms with Crippen molar-refractivity contribution in [3.05, 3.63) is 23.8 Å². The second-order valence-corrected chi connectivity index (χ2v) is 5.11. The fourth-order valence-electron chi connectivity index (χ4n) is 2.45. The van der Waals surface area contributed by atoms with Crippen molar-refractivity contribution in [2.75, 3.05) is 39.0 Å². The van der Waals surface area contributed by atoms with Gasteiger partial charge in [-0.3, -0.25) is 9.59 Å². The largest absolute Gasteiger partial charge is 0.497 e. The normalized spacial score (nSPS) is 15.5. The SMILES string of the molecule is COc1ccc(N)c(C(=O)N2CCCN(C(C)=O)CC2)c1. The van der Waals surface area contributed by atoms with Crippen LogP contribution >= 0.6 is 0 Å². The topological polar surface area (TPSA) is 75.9 Å². The van der Waals surface area contributed by atoms with Crippen LogP contribution in [0.1, 0.15) is 23.7 Å². The van der Waals surface area contributed by atoms with E-state index in [-0.39, 0.29) is 11.8 Å². The Morgan fingerprint density at radius 3 is 2.48 bits per heavy atom. The van der Waals surface area contributed by atoms with Crippen LogP contribution in [-0.2, 0) is 4.79 Å². The van der Waals surface area contributed by atoms with Gasteiger partial charge >= 0.3 is 0 Å². The first-order valence-electron chi connectivity index (χ1n) is 7.01. The van der Waals surface area contributed by atoms with E-state index < -0.39 is 0 Å². The van der Waals surface area contributed by atoms with E-state index in [9.17, 15) is 9.59 Å². The van der Waals surface area contributed by atoms with E-state index in [1.54, 1.807) is 42.0 Å². The summed E-state index contributed by atoms with van der Waals surface area (Å²) >= 11 is 0. The lowest BCUT2D eigenvalue weighted by Gasteiger charge is -2.22. The highest BCUT2D eigenvalue weighted by Crippen LogP contribution is 2.21. The minimum atomic E-state index is -0.114. The van der Waals surface area contributed by atoms with Gasteiger partial charge in [0.05, 0.1) is 12.7 Å². The van der Waals surface area contributed by atoms with Crippen molar-refractivity contribution in [1.82, 2.24) is 9.80 Å². The number of nitrogen functional groups attached to an aromatic ring is 1. The van der Waals surface area contributed by atoms with E-state index in [4.69, 9.17) is 10.5 Å². The molecule has 1 aliphatic rings. The molecule has 1 fully saturated rings. The first-order chi connectivity index (χ1) is 10.0. The molecule has 21 heavy (non-hydrogen) atoms. The Bertz CT molecular complexity index is 545. The standard InChI is InChI=1S/C15H21N3O3/c1-11(19)17-6-3-7-18(9-8-17)15(20)13-10-12(21-2)4-5-14(13)16/h4-5,10H,3,6-9,16H2,1-2H3. The van der Waals surface area contributed by atoms with Crippen molar-refractivity contribution in [2.24, 2.45) is 0 Å². The number of benzene rings is 1. The average Bonchev–Trinajstić information content (AvgIpc) is 2.73. The maximum absolute atomic E-state index is 12.6. The maximum Gasteiger partial charge on any atom is 0.256 e. The maximum atomic E-state index is 12.6. The molecule has 0 bridgehead atoms. The van der Waals surface area contributed by atoms with Crippen molar-refractivity contribution >= 4 is 17.5 Å². The van der Waals surface area contributed by atoms with Crippen molar-refractivity contribution in [3.8, 4) is 5.75 Å². The van der Waals surface area contributed by atoms with Gasteiger partial charge in [0.2, 0.25) is 5.91 Å². The summed E-state index contributed by atoms with van der Waals surface area (Å²) < 4.78 is 5.14. The summed E-state index contributed by atoms with van der Waals surface area (Å²) in [7, 11) is 1.55. The van der Waals surface area contributed by atoms with Gasteiger partial charge in [-0.25, -0.2) is 0 Å². The smallest absolute Gasteiger partial charge is 0.256 e. The average molecular weight is 291 g/mol. The lowest BCUT2D eigenvalue weighted by atomic mass is 10.1. The number of hydrogen-bond acceptors (Lipinski definition) is 4. The molecule has 1 aliphatic heterocycles. The van der Waals surface area contributed by atoms with Crippen LogP contribution in [-0.4, -0.2) is 54.9 Å². The van der Waals surface area contributed by atoms with Crippen molar-refractivity contribution in [3.63, 3.8) is 0 Å².